The maximum Gasteiger partial charge on any atom is 0.277 e. The van der Waals surface area contributed by atoms with Gasteiger partial charge in [-0.15, -0.1) is 6.58 Å². The summed E-state index contributed by atoms with van der Waals surface area (Å²) in [7, 11) is 0. The number of carbonyl (C=O) groups excluding carboxylic acids is 1. The number of carbonyl (C=O) groups is 1. The number of benzene rings is 2. The van der Waals surface area contributed by atoms with Crippen LogP contribution in [0.3, 0.4) is 0 Å². The fourth-order valence-corrected chi connectivity index (χ4v) is 2.32. The summed E-state index contributed by atoms with van der Waals surface area (Å²) in [5, 5.41) is 3.92. The summed E-state index contributed by atoms with van der Waals surface area (Å²) in [5.41, 5.74) is 4.21. The van der Waals surface area contributed by atoms with Crippen molar-refractivity contribution in [1.29, 1.82) is 0 Å². The number of hydrogen-bond donors (Lipinski definition) is 1. The van der Waals surface area contributed by atoms with Gasteiger partial charge in [0.2, 0.25) is 6.79 Å². The molecule has 0 saturated carbocycles. The summed E-state index contributed by atoms with van der Waals surface area (Å²) in [6.07, 6.45) is 4.00. The van der Waals surface area contributed by atoms with E-state index < -0.39 is 0 Å². The molecule has 1 N–H and O–H groups in total. The molecule has 2 aromatic carbocycles. The van der Waals surface area contributed by atoms with Crippen molar-refractivity contribution < 1.29 is 19.0 Å². The van der Waals surface area contributed by atoms with E-state index in [-0.39, 0.29) is 19.3 Å². The fraction of sp³-hybridized carbons (Fsp3) is 0.158. The molecule has 1 aliphatic rings. The Bertz CT molecular complexity index is 802. The van der Waals surface area contributed by atoms with Gasteiger partial charge in [-0.05, 0) is 41.8 Å². The highest BCUT2D eigenvalue weighted by molar-refractivity contribution is 5.83. The molecule has 0 saturated heterocycles. The second kappa shape index (κ2) is 8.01. The summed E-state index contributed by atoms with van der Waals surface area (Å²) in [6.45, 7) is 3.81. The number of fused-ring (bicyclic) bond motifs is 1. The topological polar surface area (TPSA) is 69.2 Å². The second-order valence-corrected chi connectivity index (χ2v) is 5.30. The zero-order valence-corrected chi connectivity index (χ0v) is 13.6. The van der Waals surface area contributed by atoms with Crippen molar-refractivity contribution >= 4 is 12.1 Å². The highest BCUT2D eigenvalue weighted by atomic mass is 16.7. The average Bonchev–Trinajstić information content (AvgIpc) is 3.09. The van der Waals surface area contributed by atoms with E-state index in [0.29, 0.717) is 23.7 Å². The second-order valence-electron chi connectivity index (χ2n) is 5.30. The molecule has 1 heterocycles. The molecule has 6 nitrogen and oxygen atoms in total. The first kappa shape index (κ1) is 16.6. The Morgan fingerprint density at radius 1 is 1.24 bits per heavy atom. The number of hydrogen-bond acceptors (Lipinski definition) is 5. The molecule has 0 aromatic heterocycles. The van der Waals surface area contributed by atoms with E-state index in [2.05, 4.69) is 17.1 Å². The predicted molar refractivity (Wildman–Crippen MR) is 94.1 cm³/mol. The largest absolute Gasteiger partial charge is 0.483 e. The molecule has 0 bridgehead atoms. The van der Waals surface area contributed by atoms with Crippen LogP contribution in [0.15, 0.2) is 60.2 Å². The minimum atomic E-state index is -0.342. The van der Waals surface area contributed by atoms with Gasteiger partial charge < -0.3 is 14.2 Å². The van der Waals surface area contributed by atoms with Crippen LogP contribution in [0.2, 0.25) is 0 Å². The number of nitrogens with zero attached hydrogens (tertiary/aromatic N) is 1. The van der Waals surface area contributed by atoms with Crippen molar-refractivity contribution in [2.24, 2.45) is 5.10 Å². The fourth-order valence-electron chi connectivity index (χ4n) is 2.32. The van der Waals surface area contributed by atoms with Crippen LogP contribution in [-0.2, 0) is 11.2 Å². The lowest BCUT2D eigenvalue weighted by molar-refractivity contribution is -0.123. The van der Waals surface area contributed by atoms with Gasteiger partial charge in [0.25, 0.3) is 5.91 Å². The van der Waals surface area contributed by atoms with Crippen LogP contribution >= 0.6 is 0 Å². The Kier molecular flexibility index (Phi) is 5.31. The highest BCUT2D eigenvalue weighted by Crippen LogP contribution is 2.31. The Morgan fingerprint density at radius 2 is 2.08 bits per heavy atom. The smallest absolute Gasteiger partial charge is 0.277 e. The van der Waals surface area contributed by atoms with Gasteiger partial charge in [-0.1, -0.05) is 24.3 Å². The SMILES string of the molecule is C=CCc1ccccc1OCC(=O)NN=Cc1ccc2c(c1)OCO2. The third-order valence-electron chi connectivity index (χ3n) is 3.50. The number of nitrogens with one attached hydrogen (secondary N) is 1. The summed E-state index contributed by atoms with van der Waals surface area (Å²) in [4.78, 5) is 11.8. The molecule has 0 radical (unpaired) electrons. The molecule has 0 unspecified atom stereocenters. The maximum atomic E-state index is 11.8. The summed E-state index contributed by atoms with van der Waals surface area (Å²) in [6, 6.07) is 12.9. The molecule has 0 fully saturated rings. The van der Waals surface area contributed by atoms with Gasteiger partial charge in [-0.25, -0.2) is 5.43 Å². The molecular weight excluding hydrogens is 320 g/mol. The maximum absolute atomic E-state index is 11.8. The minimum Gasteiger partial charge on any atom is -0.483 e. The third kappa shape index (κ3) is 4.38. The monoisotopic (exact) mass is 338 g/mol. The van der Waals surface area contributed by atoms with E-state index in [9.17, 15) is 4.79 Å². The van der Waals surface area contributed by atoms with E-state index in [1.165, 1.54) is 6.21 Å². The molecule has 25 heavy (non-hydrogen) atoms. The van der Waals surface area contributed by atoms with Crippen molar-refractivity contribution in [2.75, 3.05) is 13.4 Å². The van der Waals surface area contributed by atoms with Gasteiger partial charge in [-0.3, -0.25) is 4.79 Å². The Hall–Kier alpha value is -3.28. The molecule has 128 valence electrons. The number of ether oxygens (including phenoxy) is 3. The minimum absolute atomic E-state index is 0.118. The van der Waals surface area contributed by atoms with Gasteiger partial charge in [0.1, 0.15) is 5.75 Å². The average molecular weight is 338 g/mol. The van der Waals surface area contributed by atoms with Crippen molar-refractivity contribution in [3.05, 3.63) is 66.2 Å². The lowest BCUT2D eigenvalue weighted by Crippen LogP contribution is -2.24. The van der Waals surface area contributed by atoms with E-state index in [0.717, 1.165) is 11.1 Å². The number of para-hydroxylation sites is 1. The molecule has 2 aromatic rings. The van der Waals surface area contributed by atoms with Crippen LogP contribution in [0.25, 0.3) is 0 Å². The first-order chi connectivity index (χ1) is 12.3. The van der Waals surface area contributed by atoms with Crippen LogP contribution in [-0.4, -0.2) is 25.5 Å². The number of hydrazone groups is 1. The van der Waals surface area contributed by atoms with Crippen LogP contribution in [0.5, 0.6) is 17.2 Å². The Labute approximate surface area is 145 Å². The standard InChI is InChI=1S/C19H18N2O4/c1-2-5-15-6-3-4-7-16(15)23-12-19(22)21-20-11-14-8-9-17-18(10-14)25-13-24-17/h2-4,6-11H,1,5,12-13H2,(H,21,22). The zero-order valence-electron chi connectivity index (χ0n) is 13.6. The van der Waals surface area contributed by atoms with Gasteiger partial charge >= 0.3 is 0 Å². The number of amides is 1. The predicted octanol–water partition coefficient (Wildman–Crippen LogP) is 2.67. The van der Waals surface area contributed by atoms with E-state index in [1.807, 2.05) is 30.3 Å². The molecular formula is C19H18N2O4. The summed E-state index contributed by atoms with van der Waals surface area (Å²) >= 11 is 0. The summed E-state index contributed by atoms with van der Waals surface area (Å²) in [5.74, 6) is 1.69. The van der Waals surface area contributed by atoms with Crippen LogP contribution < -0.4 is 19.6 Å². The van der Waals surface area contributed by atoms with Gasteiger partial charge in [0, 0.05) is 0 Å². The van der Waals surface area contributed by atoms with Gasteiger partial charge in [0.15, 0.2) is 18.1 Å². The molecule has 0 spiro atoms. The quantitative estimate of drug-likeness (QED) is 0.479. The molecule has 1 amide bonds. The van der Waals surface area contributed by atoms with Crippen molar-refractivity contribution in [3.63, 3.8) is 0 Å². The van der Waals surface area contributed by atoms with Crippen molar-refractivity contribution in [1.82, 2.24) is 5.43 Å². The van der Waals surface area contributed by atoms with Gasteiger partial charge in [0.05, 0.1) is 6.21 Å². The molecule has 0 aliphatic carbocycles. The Balaban J connectivity index is 1.50. The van der Waals surface area contributed by atoms with E-state index in [4.69, 9.17) is 14.2 Å². The third-order valence-corrected chi connectivity index (χ3v) is 3.50. The zero-order chi connectivity index (χ0) is 17.5. The lowest BCUT2D eigenvalue weighted by Gasteiger charge is -2.09. The molecule has 6 heteroatoms. The van der Waals surface area contributed by atoms with E-state index in [1.54, 1.807) is 18.2 Å². The molecule has 1 aliphatic heterocycles. The van der Waals surface area contributed by atoms with Gasteiger partial charge in [-0.2, -0.15) is 5.10 Å². The van der Waals surface area contributed by atoms with E-state index >= 15 is 0 Å². The first-order valence-corrected chi connectivity index (χ1v) is 7.79. The normalized spacial score (nSPS) is 12.2. The van der Waals surface area contributed by atoms with Crippen LogP contribution in [0, 0.1) is 0 Å². The lowest BCUT2D eigenvalue weighted by atomic mass is 10.1. The summed E-state index contributed by atoms with van der Waals surface area (Å²) < 4.78 is 16.1. The number of rotatable bonds is 7. The highest BCUT2D eigenvalue weighted by Gasteiger charge is 2.12. The van der Waals surface area contributed by atoms with Crippen LogP contribution in [0.1, 0.15) is 11.1 Å². The molecule has 0 atom stereocenters. The molecule has 3 rings (SSSR count). The Morgan fingerprint density at radius 3 is 2.96 bits per heavy atom. The van der Waals surface area contributed by atoms with Crippen molar-refractivity contribution in [2.45, 2.75) is 6.42 Å². The number of allylic oxidation sites excluding steroid dienone is 1. The first-order valence-electron chi connectivity index (χ1n) is 7.79. The van der Waals surface area contributed by atoms with Crippen LogP contribution in [0.4, 0.5) is 0 Å². The van der Waals surface area contributed by atoms with Crippen molar-refractivity contribution in [3.8, 4) is 17.2 Å².